The van der Waals surface area contributed by atoms with E-state index in [2.05, 4.69) is 30.2 Å². The molecule has 0 saturated heterocycles. The van der Waals surface area contributed by atoms with Gasteiger partial charge in [-0.05, 0) is 12.5 Å². The number of aromatic nitrogens is 1. The highest BCUT2D eigenvalue weighted by Crippen LogP contribution is 2.11. The molecule has 13 heavy (non-hydrogen) atoms. The van der Waals surface area contributed by atoms with Crippen molar-refractivity contribution >= 4 is 11.3 Å². The smallest absolute Gasteiger partial charge is 0.139 e. The summed E-state index contributed by atoms with van der Waals surface area (Å²) in [5, 5.41) is 13.9. The Bertz CT molecular complexity index is 274. The fourth-order valence-electron chi connectivity index (χ4n) is 0.934. The first-order chi connectivity index (χ1) is 6.24. The van der Waals surface area contributed by atoms with E-state index in [0.29, 0.717) is 5.92 Å². The van der Waals surface area contributed by atoms with E-state index >= 15 is 0 Å². The molecule has 70 valence electrons. The minimum atomic E-state index is -0.256. The Balaban J connectivity index is 2.51. The van der Waals surface area contributed by atoms with Gasteiger partial charge < -0.3 is 0 Å². The summed E-state index contributed by atoms with van der Waals surface area (Å²) >= 11 is 1.52. The molecule has 0 saturated carbocycles. The number of hydrogen-bond donors (Lipinski definition) is 1. The molecule has 4 heteroatoms. The van der Waals surface area contributed by atoms with Gasteiger partial charge in [0, 0.05) is 5.38 Å². The van der Waals surface area contributed by atoms with Gasteiger partial charge in [-0.2, -0.15) is 5.26 Å². The van der Waals surface area contributed by atoms with Crippen molar-refractivity contribution in [2.45, 2.75) is 19.9 Å². The predicted molar refractivity (Wildman–Crippen MR) is 53.3 cm³/mol. The SMILES string of the molecule is CC(C)CNC(C#N)c1cscn1. The lowest BCUT2D eigenvalue weighted by molar-refractivity contribution is 0.521. The summed E-state index contributed by atoms with van der Waals surface area (Å²) in [7, 11) is 0. The minimum absolute atomic E-state index is 0.256. The van der Waals surface area contributed by atoms with Crippen molar-refractivity contribution in [1.29, 1.82) is 5.26 Å². The van der Waals surface area contributed by atoms with E-state index < -0.39 is 0 Å². The first kappa shape index (κ1) is 10.2. The quantitative estimate of drug-likeness (QED) is 0.799. The van der Waals surface area contributed by atoms with E-state index in [-0.39, 0.29) is 6.04 Å². The molecule has 0 radical (unpaired) electrons. The summed E-state index contributed by atoms with van der Waals surface area (Å²) in [5.41, 5.74) is 2.57. The lowest BCUT2D eigenvalue weighted by atomic mass is 10.2. The highest BCUT2D eigenvalue weighted by Gasteiger charge is 2.11. The molecule has 0 spiro atoms. The van der Waals surface area contributed by atoms with Gasteiger partial charge in [0.25, 0.3) is 0 Å². The Hall–Kier alpha value is -0.920. The van der Waals surface area contributed by atoms with E-state index in [0.717, 1.165) is 12.2 Å². The van der Waals surface area contributed by atoms with Crippen LogP contribution in [0.5, 0.6) is 0 Å². The second-order valence-corrected chi connectivity index (χ2v) is 4.00. The molecule has 0 aliphatic heterocycles. The molecule has 1 atom stereocenters. The zero-order valence-corrected chi connectivity index (χ0v) is 8.64. The van der Waals surface area contributed by atoms with Gasteiger partial charge in [-0.3, -0.25) is 5.32 Å². The molecule has 1 N–H and O–H groups in total. The number of hydrogen-bond acceptors (Lipinski definition) is 4. The number of thiazole rings is 1. The number of nitrogens with one attached hydrogen (secondary N) is 1. The average molecular weight is 195 g/mol. The van der Waals surface area contributed by atoms with Gasteiger partial charge >= 0.3 is 0 Å². The van der Waals surface area contributed by atoms with Gasteiger partial charge in [0.1, 0.15) is 6.04 Å². The van der Waals surface area contributed by atoms with E-state index in [1.54, 1.807) is 5.51 Å². The highest BCUT2D eigenvalue weighted by molar-refractivity contribution is 7.07. The van der Waals surface area contributed by atoms with Gasteiger partial charge in [0.15, 0.2) is 0 Å². The molecule has 3 nitrogen and oxygen atoms in total. The summed E-state index contributed by atoms with van der Waals surface area (Å²) in [5.74, 6) is 0.550. The fraction of sp³-hybridized carbons (Fsp3) is 0.556. The molecule has 0 bridgehead atoms. The summed E-state index contributed by atoms with van der Waals surface area (Å²) in [6.45, 7) is 5.07. The van der Waals surface area contributed by atoms with E-state index in [9.17, 15) is 0 Å². The van der Waals surface area contributed by atoms with Crippen LogP contribution in [0.4, 0.5) is 0 Å². The lowest BCUT2D eigenvalue weighted by Crippen LogP contribution is -2.24. The Labute approximate surface area is 82.4 Å². The van der Waals surface area contributed by atoms with Gasteiger partial charge in [-0.15, -0.1) is 11.3 Å². The van der Waals surface area contributed by atoms with Crippen molar-refractivity contribution in [2.24, 2.45) is 5.92 Å². The molecular weight excluding hydrogens is 182 g/mol. The van der Waals surface area contributed by atoms with Crippen molar-refractivity contribution in [3.8, 4) is 6.07 Å². The number of rotatable bonds is 4. The average Bonchev–Trinajstić information content (AvgIpc) is 2.58. The van der Waals surface area contributed by atoms with Gasteiger partial charge in [0.05, 0.1) is 17.3 Å². The van der Waals surface area contributed by atoms with Crippen molar-refractivity contribution < 1.29 is 0 Å². The van der Waals surface area contributed by atoms with E-state index in [1.807, 2.05) is 5.38 Å². The Kier molecular flexibility index (Phi) is 3.87. The van der Waals surface area contributed by atoms with Crippen LogP contribution in [0.1, 0.15) is 25.6 Å². The van der Waals surface area contributed by atoms with Crippen LogP contribution in [0, 0.1) is 17.2 Å². The molecule has 0 fully saturated rings. The van der Waals surface area contributed by atoms with Gasteiger partial charge in [0.2, 0.25) is 0 Å². The van der Waals surface area contributed by atoms with Crippen LogP contribution in [0.25, 0.3) is 0 Å². The van der Waals surface area contributed by atoms with Crippen LogP contribution in [-0.4, -0.2) is 11.5 Å². The van der Waals surface area contributed by atoms with Crippen molar-refractivity contribution in [2.75, 3.05) is 6.54 Å². The van der Waals surface area contributed by atoms with Crippen LogP contribution in [0.2, 0.25) is 0 Å². The first-order valence-corrected chi connectivity index (χ1v) is 5.19. The van der Waals surface area contributed by atoms with E-state index in [4.69, 9.17) is 5.26 Å². The zero-order chi connectivity index (χ0) is 9.68. The molecular formula is C9H13N3S. The zero-order valence-electron chi connectivity index (χ0n) is 7.82. The molecule has 1 unspecified atom stereocenters. The predicted octanol–water partition coefficient (Wildman–Crippen LogP) is 1.95. The minimum Gasteiger partial charge on any atom is -0.297 e. The fourth-order valence-corrected chi connectivity index (χ4v) is 1.51. The third kappa shape index (κ3) is 3.13. The summed E-state index contributed by atoms with van der Waals surface area (Å²) in [6.07, 6.45) is 0. The van der Waals surface area contributed by atoms with Crippen LogP contribution < -0.4 is 5.32 Å². The van der Waals surface area contributed by atoms with Crippen LogP contribution in [-0.2, 0) is 0 Å². The molecule has 1 rings (SSSR count). The van der Waals surface area contributed by atoms with E-state index in [1.165, 1.54) is 11.3 Å². The maximum absolute atomic E-state index is 8.86. The van der Waals surface area contributed by atoms with Crippen molar-refractivity contribution in [3.63, 3.8) is 0 Å². The maximum atomic E-state index is 8.86. The third-order valence-corrected chi connectivity index (χ3v) is 2.21. The molecule has 1 aromatic rings. The summed E-state index contributed by atoms with van der Waals surface area (Å²) < 4.78 is 0. The lowest BCUT2D eigenvalue weighted by Gasteiger charge is -2.10. The van der Waals surface area contributed by atoms with Crippen molar-refractivity contribution in [3.05, 3.63) is 16.6 Å². The van der Waals surface area contributed by atoms with Gasteiger partial charge in [-0.1, -0.05) is 13.8 Å². The summed E-state index contributed by atoms with van der Waals surface area (Å²) in [4.78, 5) is 4.10. The molecule has 0 amide bonds. The monoisotopic (exact) mass is 195 g/mol. The third-order valence-electron chi connectivity index (χ3n) is 1.61. The molecule has 0 aliphatic rings. The molecule has 1 aromatic heterocycles. The van der Waals surface area contributed by atoms with Crippen LogP contribution in [0.15, 0.2) is 10.9 Å². The molecule has 0 aromatic carbocycles. The number of nitriles is 1. The second kappa shape index (κ2) is 4.95. The normalized spacial score (nSPS) is 12.8. The number of nitrogens with zero attached hydrogens (tertiary/aromatic N) is 2. The Morgan fingerprint density at radius 3 is 2.92 bits per heavy atom. The van der Waals surface area contributed by atoms with Gasteiger partial charge in [-0.25, -0.2) is 4.98 Å². The first-order valence-electron chi connectivity index (χ1n) is 4.25. The van der Waals surface area contributed by atoms with Crippen molar-refractivity contribution in [1.82, 2.24) is 10.3 Å². The standard InChI is InChI=1S/C9H13N3S/c1-7(2)4-11-8(3-10)9-5-13-6-12-9/h5-8,11H,4H2,1-2H3. The maximum Gasteiger partial charge on any atom is 0.139 e. The van der Waals surface area contributed by atoms with Crippen LogP contribution >= 0.6 is 11.3 Å². The molecule has 1 heterocycles. The molecule has 0 aliphatic carbocycles. The highest BCUT2D eigenvalue weighted by atomic mass is 32.1. The topological polar surface area (TPSA) is 48.7 Å². The Morgan fingerprint density at radius 1 is 1.69 bits per heavy atom. The summed E-state index contributed by atoms with van der Waals surface area (Å²) in [6, 6.07) is 1.94. The largest absolute Gasteiger partial charge is 0.297 e. The Morgan fingerprint density at radius 2 is 2.46 bits per heavy atom. The van der Waals surface area contributed by atoms with Crippen LogP contribution in [0.3, 0.4) is 0 Å². The second-order valence-electron chi connectivity index (χ2n) is 3.28.